The number of aliphatic carboxylic acids is 1. The van der Waals surface area contributed by atoms with Crippen LogP contribution >= 0.6 is 0 Å². The SMILES string of the molecule is O=C(O)CC1COCCN1C(=O)/C=C/c1ccc(F)cc1. The maximum absolute atomic E-state index is 12.8. The Morgan fingerprint density at radius 3 is 2.76 bits per heavy atom. The molecular weight excluding hydrogens is 277 g/mol. The summed E-state index contributed by atoms with van der Waals surface area (Å²) in [5.41, 5.74) is 0.702. The van der Waals surface area contributed by atoms with E-state index < -0.39 is 12.0 Å². The van der Waals surface area contributed by atoms with Crippen molar-refractivity contribution in [2.24, 2.45) is 0 Å². The van der Waals surface area contributed by atoms with E-state index >= 15 is 0 Å². The molecule has 5 nitrogen and oxygen atoms in total. The zero-order valence-electron chi connectivity index (χ0n) is 11.4. The molecule has 1 N–H and O–H groups in total. The fourth-order valence-electron chi connectivity index (χ4n) is 2.15. The summed E-state index contributed by atoms with van der Waals surface area (Å²) in [6, 6.07) is 5.29. The van der Waals surface area contributed by atoms with Gasteiger partial charge in [0.15, 0.2) is 0 Å². The molecule has 1 aliphatic rings. The number of halogens is 1. The number of hydrogen-bond donors (Lipinski definition) is 1. The van der Waals surface area contributed by atoms with Crippen molar-refractivity contribution in [3.8, 4) is 0 Å². The van der Waals surface area contributed by atoms with Crippen LogP contribution in [0, 0.1) is 5.82 Å². The van der Waals surface area contributed by atoms with Crippen LogP contribution in [-0.4, -0.2) is 47.7 Å². The van der Waals surface area contributed by atoms with Crippen molar-refractivity contribution in [2.75, 3.05) is 19.8 Å². The number of ether oxygens (including phenoxy) is 1. The van der Waals surface area contributed by atoms with Gasteiger partial charge >= 0.3 is 5.97 Å². The van der Waals surface area contributed by atoms with Crippen molar-refractivity contribution in [1.82, 2.24) is 4.90 Å². The van der Waals surface area contributed by atoms with Crippen LogP contribution in [0.15, 0.2) is 30.3 Å². The molecule has 1 atom stereocenters. The molecule has 1 amide bonds. The van der Waals surface area contributed by atoms with Crippen LogP contribution < -0.4 is 0 Å². The van der Waals surface area contributed by atoms with Crippen LogP contribution in [0.3, 0.4) is 0 Å². The topological polar surface area (TPSA) is 66.8 Å². The molecule has 0 bridgehead atoms. The van der Waals surface area contributed by atoms with Crippen LogP contribution in [0.2, 0.25) is 0 Å². The van der Waals surface area contributed by atoms with Crippen LogP contribution in [0.5, 0.6) is 0 Å². The number of morpholine rings is 1. The van der Waals surface area contributed by atoms with Gasteiger partial charge in [-0.15, -0.1) is 0 Å². The zero-order valence-corrected chi connectivity index (χ0v) is 11.4. The Bertz CT molecular complexity index is 541. The van der Waals surface area contributed by atoms with Crippen molar-refractivity contribution in [3.05, 3.63) is 41.7 Å². The summed E-state index contributed by atoms with van der Waals surface area (Å²) in [5, 5.41) is 8.85. The van der Waals surface area contributed by atoms with E-state index in [1.165, 1.54) is 23.1 Å². The minimum atomic E-state index is -0.967. The van der Waals surface area contributed by atoms with Crippen molar-refractivity contribution < 1.29 is 23.8 Å². The second-order valence-electron chi connectivity index (χ2n) is 4.74. The Morgan fingerprint density at radius 1 is 1.38 bits per heavy atom. The summed E-state index contributed by atoms with van der Waals surface area (Å²) in [4.78, 5) is 24.4. The average Bonchev–Trinajstić information content (AvgIpc) is 2.46. The third kappa shape index (κ3) is 4.39. The van der Waals surface area contributed by atoms with E-state index in [4.69, 9.17) is 9.84 Å². The first kappa shape index (κ1) is 15.2. The lowest BCUT2D eigenvalue weighted by Gasteiger charge is -2.34. The van der Waals surface area contributed by atoms with Gasteiger partial charge in [-0.2, -0.15) is 0 Å². The van der Waals surface area contributed by atoms with Gasteiger partial charge in [-0.1, -0.05) is 12.1 Å². The van der Waals surface area contributed by atoms with Gasteiger partial charge in [0.2, 0.25) is 5.91 Å². The monoisotopic (exact) mass is 293 g/mol. The van der Waals surface area contributed by atoms with Crippen LogP contribution in [0.4, 0.5) is 4.39 Å². The Labute approximate surface area is 121 Å². The molecule has 6 heteroatoms. The van der Waals surface area contributed by atoms with Gasteiger partial charge in [0, 0.05) is 12.6 Å². The molecule has 1 fully saturated rings. The standard InChI is InChI=1S/C15H16FNO4/c16-12-4-1-11(2-5-12)3-6-14(18)17-7-8-21-10-13(17)9-15(19)20/h1-6,13H,7-10H2,(H,19,20)/b6-3+. The molecule has 0 radical (unpaired) electrons. The summed E-state index contributed by atoms with van der Waals surface area (Å²) in [5.74, 6) is -1.58. The van der Waals surface area contributed by atoms with Gasteiger partial charge in [-0.25, -0.2) is 4.39 Å². The predicted molar refractivity (Wildman–Crippen MR) is 74.0 cm³/mol. The number of carboxylic acids is 1. The molecule has 2 rings (SSSR count). The van der Waals surface area contributed by atoms with E-state index in [0.29, 0.717) is 18.7 Å². The molecule has 1 aromatic rings. The fourth-order valence-corrected chi connectivity index (χ4v) is 2.15. The molecule has 1 aromatic carbocycles. The lowest BCUT2D eigenvalue weighted by Crippen LogP contribution is -2.49. The van der Waals surface area contributed by atoms with Crippen LogP contribution in [0.25, 0.3) is 6.08 Å². The molecule has 1 saturated heterocycles. The highest BCUT2D eigenvalue weighted by Gasteiger charge is 2.27. The number of carboxylic acid groups (broad SMARTS) is 1. The molecule has 1 aliphatic heterocycles. The molecule has 0 aromatic heterocycles. The number of amides is 1. The second kappa shape index (κ2) is 6.99. The maximum Gasteiger partial charge on any atom is 0.305 e. The van der Waals surface area contributed by atoms with Crippen molar-refractivity contribution >= 4 is 18.0 Å². The average molecular weight is 293 g/mol. The number of carbonyl (C=O) groups excluding carboxylic acids is 1. The van der Waals surface area contributed by atoms with Gasteiger partial charge in [0.25, 0.3) is 0 Å². The van der Waals surface area contributed by atoms with E-state index in [1.807, 2.05) is 0 Å². The summed E-state index contributed by atoms with van der Waals surface area (Å²) in [6.07, 6.45) is 2.80. The number of rotatable bonds is 4. The molecule has 0 aliphatic carbocycles. The van der Waals surface area contributed by atoms with Gasteiger partial charge in [0.05, 0.1) is 25.7 Å². The van der Waals surface area contributed by atoms with E-state index in [-0.39, 0.29) is 24.8 Å². The van der Waals surface area contributed by atoms with E-state index in [0.717, 1.165) is 0 Å². The van der Waals surface area contributed by atoms with E-state index in [2.05, 4.69) is 0 Å². The first-order valence-electron chi connectivity index (χ1n) is 6.60. The molecule has 112 valence electrons. The zero-order chi connectivity index (χ0) is 15.2. The van der Waals surface area contributed by atoms with Crippen molar-refractivity contribution in [3.63, 3.8) is 0 Å². The minimum absolute atomic E-state index is 0.143. The molecule has 0 saturated carbocycles. The highest BCUT2D eigenvalue weighted by atomic mass is 19.1. The molecule has 0 spiro atoms. The van der Waals surface area contributed by atoms with E-state index in [1.54, 1.807) is 18.2 Å². The first-order valence-corrected chi connectivity index (χ1v) is 6.60. The number of nitrogens with zero attached hydrogens (tertiary/aromatic N) is 1. The lowest BCUT2D eigenvalue weighted by atomic mass is 10.1. The third-order valence-corrected chi connectivity index (χ3v) is 3.21. The predicted octanol–water partition coefficient (Wildman–Crippen LogP) is 1.54. The lowest BCUT2D eigenvalue weighted by molar-refractivity contribution is -0.143. The van der Waals surface area contributed by atoms with E-state index in [9.17, 15) is 14.0 Å². The number of carbonyl (C=O) groups is 2. The molecule has 1 heterocycles. The summed E-state index contributed by atoms with van der Waals surface area (Å²) in [6.45, 7) is 0.985. The second-order valence-corrected chi connectivity index (χ2v) is 4.74. The summed E-state index contributed by atoms with van der Waals surface area (Å²) in [7, 11) is 0. The Kier molecular flexibility index (Phi) is 5.05. The van der Waals surface area contributed by atoms with Gasteiger partial charge in [-0.3, -0.25) is 9.59 Å². The molecule has 21 heavy (non-hydrogen) atoms. The Balaban J connectivity index is 2.03. The van der Waals surface area contributed by atoms with Gasteiger partial charge < -0.3 is 14.7 Å². The first-order chi connectivity index (χ1) is 10.1. The largest absolute Gasteiger partial charge is 0.481 e. The minimum Gasteiger partial charge on any atom is -0.481 e. The smallest absolute Gasteiger partial charge is 0.305 e. The highest BCUT2D eigenvalue weighted by Crippen LogP contribution is 2.12. The Morgan fingerprint density at radius 2 is 2.10 bits per heavy atom. The highest BCUT2D eigenvalue weighted by molar-refractivity contribution is 5.92. The fraction of sp³-hybridized carbons (Fsp3) is 0.333. The van der Waals surface area contributed by atoms with Gasteiger partial charge in [0.1, 0.15) is 5.82 Å². The number of benzene rings is 1. The third-order valence-electron chi connectivity index (χ3n) is 3.21. The molecule has 1 unspecified atom stereocenters. The summed E-state index contributed by atoms with van der Waals surface area (Å²) >= 11 is 0. The van der Waals surface area contributed by atoms with Crippen molar-refractivity contribution in [2.45, 2.75) is 12.5 Å². The molecular formula is C15H16FNO4. The maximum atomic E-state index is 12.8. The number of hydrogen-bond acceptors (Lipinski definition) is 3. The summed E-state index contributed by atoms with van der Waals surface area (Å²) < 4.78 is 18.0. The quantitative estimate of drug-likeness (QED) is 0.855. The normalized spacial score (nSPS) is 18.9. The van der Waals surface area contributed by atoms with Crippen LogP contribution in [0.1, 0.15) is 12.0 Å². The van der Waals surface area contributed by atoms with Gasteiger partial charge in [-0.05, 0) is 23.8 Å². The van der Waals surface area contributed by atoms with Crippen molar-refractivity contribution in [1.29, 1.82) is 0 Å². The Hall–Kier alpha value is -2.21. The van der Waals surface area contributed by atoms with Crippen LogP contribution in [-0.2, 0) is 14.3 Å².